The van der Waals surface area contributed by atoms with E-state index < -0.39 is 6.10 Å². The first-order valence-electron chi connectivity index (χ1n) is 7.01. The molecule has 0 aliphatic rings. The Kier molecular flexibility index (Phi) is 5.33. The van der Waals surface area contributed by atoms with Gasteiger partial charge in [-0.3, -0.25) is 9.67 Å². The number of pyridine rings is 1. The highest BCUT2D eigenvalue weighted by Gasteiger charge is 2.21. The SMILES string of the molecule is CCc1cnccc1C(O)c1c(Cl)cnn1CCN(C)C. The summed E-state index contributed by atoms with van der Waals surface area (Å²) in [5, 5.41) is 15.5. The van der Waals surface area contributed by atoms with Gasteiger partial charge in [0.05, 0.1) is 23.5 Å². The van der Waals surface area contributed by atoms with Gasteiger partial charge < -0.3 is 10.0 Å². The Morgan fingerprint density at radius 1 is 1.38 bits per heavy atom. The van der Waals surface area contributed by atoms with Gasteiger partial charge in [0.25, 0.3) is 0 Å². The third-order valence-electron chi connectivity index (χ3n) is 3.47. The molecule has 0 saturated heterocycles. The van der Waals surface area contributed by atoms with Crippen LogP contribution < -0.4 is 0 Å². The van der Waals surface area contributed by atoms with E-state index in [0.717, 1.165) is 24.1 Å². The molecule has 0 bridgehead atoms. The van der Waals surface area contributed by atoms with Crippen molar-refractivity contribution in [1.82, 2.24) is 19.7 Å². The van der Waals surface area contributed by atoms with Crippen molar-refractivity contribution in [2.45, 2.75) is 26.0 Å². The van der Waals surface area contributed by atoms with Crippen molar-refractivity contribution < 1.29 is 5.11 Å². The summed E-state index contributed by atoms with van der Waals surface area (Å²) in [5.74, 6) is 0. The highest BCUT2D eigenvalue weighted by atomic mass is 35.5. The summed E-state index contributed by atoms with van der Waals surface area (Å²) in [6.45, 7) is 3.55. The first-order valence-corrected chi connectivity index (χ1v) is 7.39. The maximum absolute atomic E-state index is 10.7. The molecule has 0 aliphatic carbocycles. The van der Waals surface area contributed by atoms with Gasteiger partial charge in [-0.15, -0.1) is 0 Å². The standard InChI is InChI=1S/C15H21ClN4O/c1-4-11-9-17-6-5-12(11)15(21)14-13(16)10-18-20(14)8-7-19(2)3/h5-6,9-10,15,21H,4,7-8H2,1-3H3. The average Bonchev–Trinajstić information content (AvgIpc) is 2.85. The number of likely N-dealkylation sites (N-methyl/N-ethyl adjacent to an activating group) is 1. The molecule has 2 aromatic rings. The highest BCUT2D eigenvalue weighted by molar-refractivity contribution is 6.31. The summed E-state index contributed by atoms with van der Waals surface area (Å²) in [6, 6.07) is 1.84. The Hall–Kier alpha value is -1.43. The van der Waals surface area contributed by atoms with E-state index in [1.807, 2.05) is 27.1 Å². The van der Waals surface area contributed by atoms with Crippen LogP contribution in [-0.4, -0.2) is 45.4 Å². The van der Waals surface area contributed by atoms with E-state index in [2.05, 4.69) is 15.0 Å². The Labute approximate surface area is 130 Å². The second-order valence-electron chi connectivity index (χ2n) is 5.23. The maximum atomic E-state index is 10.7. The number of nitrogens with zero attached hydrogens (tertiary/aromatic N) is 4. The Morgan fingerprint density at radius 2 is 2.14 bits per heavy atom. The second kappa shape index (κ2) is 7.02. The zero-order chi connectivity index (χ0) is 15.4. The van der Waals surface area contributed by atoms with Gasteiger partial charge in [0.1, 0.15) is 6.10 Å². The predicted molar refractivity (Wildman–Crippen MR) is 83.5 cm³/mol. The summed E-state index contributed by atoms with van der Waals surface area (Å²) < 4.78 is 1.77. The molecule has 6 heteroatoms. The van der Waals surface area contributed by atoms with Gasteiger partial charge in [-0.2, -0.15) is 5.10 Å². The number of aromatic nitrogens is 3. The molecule has 1 atom stereocenters. The van der Waals surface area contributed by atoms with Crippen molar-refractivity contribution in [2.75, 3.05) is 20.6 Å². The van der Waals surface area contributed by atoms with Gasteiger partial charge >= 0.3 is 0 Å². The normalized spacial score (nSPS) is 12.9. The molecule has 0 aromatic carbocycles. The van der Waals surface area contributed by atoms with E-state index in [1.165, 1.54) is 0 Å². The summed E-state index contributed by atoms with van der Waals surface area (Å²) in [4.78, 5) is 6.18. The molecule has 21 heavy (non-hydrogen) atoms. The molecular formula is C15H21ClN4O. The monoisotopic (exact) mass is 308 g/mol. The minimum atomic E-state index is -0.792. The van der Waals surface area contributed by atoms with Gasteiger partial charge in [0.2, 0.25) is 0 Å². The molecule has 0 amide bonds. The van der Waals surface area contributed by atoms with Crippen molar-refractivity contribution in [2.24, 2.45) is 0 Å². The molecular weight excluding hydrogens is 288 g/mol. The smallest absolute Gasteiger partial charge is 0.123 e. The van der Waals surface area contributed by atoms with Gasteiger partial charge in [0.15, 0.2) is 0 Å². The number of aryl methyl sites for hydroxylation is 1. The first kappa shape index (κ1) is 15.9. The van der Waals surface area contributed by atoms with Crippen molar-refractivity contribution in [1.29, 1.82) is 0 Å². The molecule has 0 spiro atoms. The number of hydrogen-bond acceptors (Lipinski definition) is 4. The van der Waals surface area contributed by atoms with E-state index in [4.69, 9.17) is 11.6 Å². The van der Waals surface area contributed by atoms with Crippen LogP contribution in [0, 0.1) is 0 Å². The molecule has 5 nitrogen and oxygen atoms in total. The Morgan fingerprint density at radius 3 is 2.81 bits per heavy atom. The van der Waals surface area contributed by atoms with Gasteiger partial charge in [0, 0.05) is 18.9 Å². The molecule has 2 heterocycles. The molecule has 2 rings (SSSR count). The largest absolute Gasteiger partial charge is 0.382 e. The van der Waals surface area contributed by atoms with Crippen LogP contribution in [0.5, 0.6) is 0 Å². The van der Waals surface area contributed by atoms with Crippen LogP contribution in [0.15, 0.2) is 24.7 Å². The van der Waals surface area contributed by atoms with E-state index in [-0.39, 0.29) is 0 Å². The van der Waals surface area contributed by atoms with Crippen molar-refractivity contribution >= 4 is 11.6 Å². The number of aliphatic hydroxyl groups excluding tert-OH is 1. The second-order valence-corrected chi connectivity index (χ2v) is 5.64. The molecule has 0 aliphatic heterocycles. The Bertz CT molecular complexity index is 597. The van der Waals surface area contributed by atoms with E-state index in [1.54, 1.807) is 23.3 Å². The van der Waals surface area contributed by atoms with Crippen LogP contribution >= 0.6 is 11.6 Å². The van der Waals surface area contributed by atoms with Crippen molar-refractivity contribution in [3.63, 3.8) is 0 Å². The fourth-order valence-electron chi connectivity index (χ4n) is 2.26. The fraction of sp³-hybridized carbons (Fsp3) is 0.467. The summed E-state index contributed by atoms with van der Waals surface area (Å²) in [6.07, 6.45) is 5.07. The summed E-state index contributed by atoms with van der Waals surface area (Å²) in [5.41, 5.74) is 2.49. The lowest BCUT2D eigenvalue weighted by Crippen LogP contribution is -2.21. The molecule has 1 unspecified atom stereocenters. The zero-order valence-electron chi connectivity index (χ0n) is 12.6. The predicted octanol–water partition coefficient (Wildman–Crippen LogP) is 2.14. The van der Waals surface area contributed by atoms with Crippen LogP contribution in [0.25, 0.3) is 0 Å². The van der Waals surface area contributed by atoms with Crippen LogP contribution in [0.1, 0.15) is 29.8 Å². The quantitative estimate of drug-likeness (QED) is 0.888. The lowest BCUT2D eigenvalue weighted by Gasteiger charge is -2.18. The molecule has 0 radical (unpaired) electrons. The molecule has 114 valence electrons. The fourth-order valence-corrected chi connectivity index (χ4v) is 2.51. The molecule has 0 saturated carbocycles. The van der Waals surface area contributed by atoms with Crippen LogP contribution in [0.4, 0.5) is 0 Å². The number of aliphatic hydroxyl groups is 1. The molecule has 2 aromatic heterocycles. The number of hydrogen-bond donors (Lipinski definition) is 1. The minimum Gasteiger partial charge on any atom is -0.382 e. The first-order chi connectivity index (χ1) is 10.0. The van der Waals surface area contributed by atoms with Gasteiger partial charge in [-0.25, -0.2) is 0 Å². The van der Waals surface area contributed by atoms with Crippen LogP contribution in [-0.2, 0) is 13.0 Å². The number of halogens is 1. The lowest BCUT2D eigenvalue weighted by molar-refractivity contribution is 0.204. The molecule has 1 N–H and O–H groups in total. The molecule has 0 fully saturated rings. The summed E-state index contributed by atoms with van der Waals surface area (Å²) >= 11 is 6.23. The Balaban J connectivity index is 2.34. The topological polar surface area (TPSA) is 54.2 Å². The third kappa shape index (κ3) is 3.61. The van der Waals surface area contributed by atoms with Crippen molar-refractivity contribution in [3.05, 3.63) is 46.5 Å². The van der Waals surface area contributed by atoms with Crippen molar-refractivity contribution in [3.8, 4) is 0 Å². The van der Waals surface area contributed by atoms with E-state index >= 15 is 0 Å². The van der Waals surface area contributed by atoms with Gasteiger partial charge in [-0.1, -0.05) is 18.5 Å². The lowest BCUT2D eigenvalue weighted by atomic mass is 10.0. The average molecular weight is 309 g/mol. The van der Waals surface area contributed by atoms with Crippen LogP contribution in [0.3, 0.4) is 0 Å². The zero-order valence-corrected chi connectivity index (χ0v) is 13.4. The van der Waals surface area contributed by atoms with E-state index in [0.29, 0.717) is 17.3 Å². The van der Waals surface area contributed by atoms with E-state index in [9.17, 15) is 5.11 Å². The van der Waals surface area contributed by atoms with Gasteiger partial charge in [-0.05, 0) is 37.7 Å². The summed E-state index contributed by atoms with van der Waals surface area (Å²) in [7, 11) is 4.00. The number of rotatable bonds is 6. The van der Waals surface area contributed by atoms with Crippen LogP contribution in [0.2, 0.25) is 5.02 Å². The minimum absolute atomic E-state index is 0.486. The maximum Gasteiger partial charge on any atom is 0.123 e. The highest BCUT2D eigenvalue weighted by Crippen LogP contribution is 2.30. The third-order valence-corrected chi connectivity index (χ3v) is 3.76.